The van der Waals surface area contributed by atoms with Gasteiger partial charge < -0.3 is 20.7 Å². The molecule has 12 nitrogen and oxygen atoms in total. The lowest BCUT2D eigenvalue weighted by atomic mass is 10.1. The van der Waals surface area contributed by atoms with Gasteiger partial charge in [-0.15, -0.1) is 11.3 Å². The van der Waals surface area contributed by atoms with Crippen molar-refractivity contribution in [2.75, 3.05) is 31.2 Å². The molecule has 1 aliphatic heterocycles. The summed E-state index contributed by atoms with van der Waals surface area (Å²) >= 11 is 0. The second-order valence-corrected chi connectivity index (χ2v) is 10.0. The standard InChI is InChI=1S/C21H25N5O.C21H4.HN5O.10H2/c1-26-8-5-18(6-9-26)27-19-11-17(13-23-14-19)25-12-15-2-3-20-16(10-15)4-7-24-21(20)22;1-3-5-7-9-11-13-15-17-19-21-20-18-16-14-12-10-8-6-4-2;1-2-3-4-5-6;;;;;;;;;;/h2-4,7,10-11,13-14,18,25H,5-6,8-9,12H2,1H3,(H2,22,24);1H,2H3;1H;10*1H/b;;2-1?,4-3+;;;;;;;;;;. The van der Waals surface area contributed by atoms with Gasteiger partial charge in [-0.2, -0.15) is 5.53 Å². The molecule has 1 saturated heterocycles. The van der Waals surface area contributed by atoms with E-state index in [1.54, 1.807) is 19.3 Å². The topological polar surface area (TPSA) is 167 Å². The Labute approximate surface area is 330 Å². The lowest BCUT2D eigenvalue weighted by Gasteiger charge is -2.29. The maximum atomic E-state index is 8.91. The molecule has 0 radical (unpaired) electrons. The van der Waals surface area contributed by atoms with Crippen LogP contribution < -0.4 is 15.8 Å². The number of pyridine rings is 2. The number of aromatic nitrogens is 2. The van der Waals surface area contributed by atoms with Crippen LogP contribution in [-0.2, 0) is 6.54 Å². The van der Waals surface area contributed by atoms with Crippen LogP contribution in [0.1, 0.15) is 39.6 Å². The van der Waals surface area contributed by atoms with E-state index in [1.165, 1.54) is 5.56 Å². The van der Waals surface area contributed by atoms with E-state index in [1.807, 2.05) is 29.7 Å². The number of anilines is 2. The zero-order valence-corrected chi connectivity index (χ0v) is 29.3. The third kappa shape index (κ3) is 18.9. The van der Waals surface area contributed by atoms with Crippen molar-refractivity contribution in [3.8, 4) is 125 Å². The summed E-state index contributed by atoms with van der Waals surface area (Å²) in [4.78, 5) is 19.7. The average Bonchev–Trinajstić information content (AvgIpc) is 3.19. The first-order valence-corrected chi connectivity index (χ1v) is 15.6. The van der Waals surface area contributed by atoms with Gasteiger partial charge in [-0.05, 0) is 155 Å². The number of nitrogens with two attached hydrogens (primary N) is 1. The van der Waals surface area contributed by atoms with E-state index < -0.39 is 0 Å². The van der Waals surface area contributed by atoms with Gasteiger partial charge in [-0.1, -0.05) is 18.1 Å². The number of piperidine rings is 1. The van der Waals surface area contributed by atoms with Gasteiger partial charge in [0.15, 0.2) is 0 Å². The summed E-state index contributed by atoms with van der Waals surface area (Å²) in [7, 11) is 2.15. The molecular weight excluding hydrogens is 677 g/mol. The number of fused-ring (bicyclic) bond motifs is 1. The molecule has 0 atom stereocenters. The van der Waals surface area contributed by atoms with E-state index in [-0.39, 0.29) is 20.4 Å². The molecule has 1 aliphatic rings. The first-order valence-electron chi connectivity index (χ1n) is 15.6. The highest BCUT2D eigenvalue weighted by Crippen LogP contribution is 2.23. The van der Waals surface area contributed by atoms with Crippen LogP contribution in [0.3, 0.4) is 0 Å². The van der Waals surface area contributed by atoms with Crippen LogP contribution in [-0.4, -0.2) is 41.1 Å². The van der Waals surface area contributed by atoms with Gasteiger partial charge in [-0.25, -0.2) is 4.98 Å². The van der Waals surface area contributed by atoms with Crippen molar-refractivity contribution in [2.24, 2.45) is 21.0 Å². The summed E-state index contributed by atoms with van der Waals surface area (Å²) in [6.07, 6.45) is 12.6. The number of likely N-dealkylation sites (tertiary alicyclic amines) is 1. The third-order valence-corrected chi connectivity index (χ3v) is 6.36. The minimum atomic E-state index is 0. The molecule has 0 bridgehead atoms. The Kier molecular flexibility index (Phi) is 21.1. The summed E-state index contributed by atoms with van der Waals surface area (Å²) in [5, 5.41) is 14.7. The molecule has 1 fully saturated rings. The van der Waals surface area contributed by atoms with Gasteiger partial charge in [0.05, 0.1) is 18.1 Å². The molecule has 3 aromatic rings. The number of hydrogen-bond acceptors (Lipinski definition) is 8. The van der Waals surface area contributed by atoms with E-state index in [0.717, 1.165) is 48.1 Å². The SMILES string of the molecule is C#CC#CC#CC#CC#CC#CC#CC#CC#CC#CC.CN1CCC(Oc2cncc(NCc3ccc4c(N)nccc4c3)c2)CC1.N=N/N=N/N=O.[HH].[HH].[HH].[HH].[HH].[HH].[HH].[HH].[HH].[HH]. The molecule has 4 rings (SSSR count). The monoisotopic (exact) mass is 726 g/mol. The average molecular weight is 727 g/mol. The van der Waals surface area contributed by atoms with Crippen molar-refractivity contribution >= 4 is 22.3 Å². The number of nitrogens with zero attached hydrogens (tertiary/aromatic N) is 7. The first kappa shape index (κ1) is 41.7. The zero-order valence-electron chi connectivity index (χ0n) is 29.3. The predicted octanol–water partition coefficient (Wildman–Crippen LogP) is 7.49. The van der Waals surface area contributed by atoms with Gasteiger partial charge >= 0.3 is 0 Å². The molecule has 12 heteroatoms. The Bertz CT molecular complexity index is 2470. The van der Waals surface area contributed by atoms with Crippen LogP contribution >= 0.6 is 0 Å². The number of nitrogen functional groups attached to an aromatic ring is 1. The number of nitrogens with one attached hydrogen (secondary N) is 2. The molecule has 0 spiro atoms. The summed E-state index contributed by atoms with van der Waals surface area (Å²) in [5.74, 6) is 48.3. The molecule has 280 valence electrons. The molecular formula is C42H50N10O2. The number of nitroso groups, excluding NO2 is 1. The maximum Gasteiger partial charge on any atom is 0.140 e. The molecule has 0 unspecified atom stereocenters. The Balaban J connectivity index is -0.000000107. The normalized spacial score (nSPS) is 10.3. The van der Waals surface area contributed by atoms with Gasteiger partial charge in [0.2, 0.25) is 0 Å². The minimum Gasteiger partial charge on any atom is -0.489 e. The molecule has 3 heterocycles. The second kappa shape index (κ2) is 27.4. The summed E-state index contributed by atoms with van der Waals surface area (Å²) in [6, 6.07) is 10.2. The molecule has 0 amide bonds. The Morgan fingerprint density at radius 2 is 1.48 bits per heavy atom. The quantitative estimate of drug-likeness (QED) is 0.0981. The van der Waals surface area contributed by atoms with Crippen LogP contribution in [0.15, 0.2) is 69.9 Å². The number of terminal acetylenes is 1. The second-order valence-electron chi connectivity index (χ2n) is 10.0. The van der Waals surface area contributed by atoms with Crippen molar-refractivity contribution in [3.63, 3.8) is 0 Å². The first-order chi connectivity index (χ1) is 26.5. The summed E-state index contributed by atoms with van der Waals surface area (Å²) in [6.45, 7) is 4.57. The van der Waals surface area contributed by atoms with E-state index in [0.29, 0.717) is 12.4 Å². The lowest BCUT2D eigenvalue weighted by molar-refractivity contribution is 0.114. The molecule has 2 aromatic heterocycles. The fraction of sp³-hybridized carbons (Fsp3) is 0.190. The van der Waals surface area contributed by atoms with Gasteiger partial charge in [0.25, 0.3) is 0 Å². The minimum absolute atomic E-state index is 0. The van der Waals surface area contributed by atoms with Crippen LogP contribution in [0.25, 0.3) is 10.8 Å². The number of benzene rings is 1. The Hall–Kier alpha value is -8.46. The highest BCUT2D eigenvalue weighted by molar-refractivity contribution is 5.91. The highest BCUT2D eigenvalue weighted by Gasteiger charge is 2.18. The Morgan fingerprint density at radius 1 is 0.889 bits per heavy atom. The van der Waals surface area contributed by atoms with E-state index in [2.05, 4.69) is 168 Å². The van der Waals surface area contributed by atoms with Crippen molar-refractivity contribution in [3.05, 3.63) is 59.4 Å². The van der Waals surface area contributed by atoms with E-state index in [4.69, 9.17) is 27.3 Å². The van der Waals surface area contributed by atoms with E-state index >= 15 is 0 Å². The lowest BCUT2D eigenvalue weighted by Crippen LogP contribution is -2.35. The summed E-state index contributed by atoms with van der Waals surface area (Å²) in [5.41, 5.74) is 13.9. The van der Waals surface area contributed by atoms with Crippen molar-refractivity contribution in [1.82, 2.24) is 14.9 Å². The smallest absolute Gasteiger partial charge is 0.140 e. The van der Waals surface area contributed by atoms with Crippen LogP contribution in [0.5, 0.6) is 5.75 Å². The summed E-state index contributed by atoms with van der Waals surface area (Å²) < 4.78 is 6.12. The maximum absolute atomic E-state index is 8.91. The third-order valence-electron chi connectivity index (χ3n) is 6.36. The molecule has 0 saturated carbocycles. The van der Waals surface area contributed by atoms with Crippen LogP contribution in [0, 0.1) is 129 Å². The largest absolute Gasteiger partial charge is 0.489 e. The Morgan fingerprint density at radius 3 is 2.02 bits per heavy atom. The fourth-order valence-electron chi connectivity index (χ4n) is 4.04. The van der Waals surface area contributed by atoms with Crippen LogP contribution in [0.4, 0.5) is 11.5 Å². The van der Waals surface area contributed by atoms with Gasteiger partial charge in [-0.3, -0.25) is 4.98 Å². The molecule has 0 aliphatic carbocycles. The van der Waals surface area contributed by atoms with Gasteiger partial charge in [0.1, 0.15) is 23.0 Å². The number of rotatable bonds is 7. The highest BCUT2D eigenvalue weighted by atomic mass is 16.5. The van der Waals surface area contributed by atoms with Crippen molar-refractivity contribution in [1.29, 1.82) is 5.53 Å². The van der Waals surface area contributed by atoms with Crippen LogP contribution in [0.2, 0.25) is 0 Å². The van der Waals surface area contributed by atoms with E-state index in [9.17, 15) is 0 Å². The van der Waals surface area contributed by atoms with Crippen molar-refractivity contribution < 1.29 is 19.0 Å². The fourth-order valence-corrected chi connectivity index (χ4v) is 4.04. The van der Waals surface area contributed by atoms with Crippen molar-refractivity contribution in [2.45, 2.75) is 32.4 Å². The number of ether oxygens (including phenoxy) is 1. The molecule has 4 N–H and O–H groups in total. The van der Waals surface area contributed by atoms with Gasteiger partial charge in [0, 0.05) is 68.6 Å². The predicted molar refractivity (Wildman–Crippen MR) is 230 cm³/mol. The molecule has 54 heavy (non-hydrogen) atoms. The molecule has 1 aromatic carbocycles. The zero-order chi connectivity index (χ0) is 38.9. The number of hydrogen-bond donors (Lipinski definition) is 3.